The molecule has 3 nitrogen and oxygen atoms in total. The standard InChI is InChI=1S/C20H25N3/c1-19(2,3)13-20(4,5)16-11-7-6-9-14(16)15-10-8-12-17-18(15)22-23-21-17/h6-12H,13H2,1-5H3,(H,21,22,23). The fraction of sp³-hybridized carbons (Fsp3) is 0.400. The van der Waals surface area contributed by atoms with E-state index in [1.165, 1.54) is 11.1 Å². The van der Waals surface area contributed by atoms with Crippen LogP contribution in [-0.4, -0.2) is 15.4 Å². The van der Waals surface area contributed by atoms with Gasteiger partial charge < -0.3 is 0 Å². The van der Waals surface area contributed by atoms with Gasteiger partial charge in [-0.25, -0.2) is 0 Å². The van der Waals surface area contributed by atoms with Crippen molar-refractivity contribution in [2.45, 2.75) is 46.5 Å². The Morgan fingerprint density at radius 2 is 1.52 bits per heavy atom. The Labute approximate surface area is 138 Å². The minimum atomic E-state index is 0.0841. The SMILES string of the molecule is CC(C)(C)CC(C)(C)c1ccccc1-c1cccc2n[nH]nc12. The van der Waals surface area contributed by atoms with Crippen molar-refractivity contribution in [1.82, 2.24) is 15.4 Å². The second kappa shape index (κ2) is 5.48. The van der Waals surface area contributed by atoms with E-state index in [9.17, 15) is 0 Å². The summed E-state index contributed by atoms with van der Waals surface area (Å²) in [6, 6.07) is 14.9. The molecule has 0 aliphatic carbocycles. The molecule has 0 bridgehead atoms. The molecular formula is C20H25N3. The monoisotopic (exact) mass is 307 g/mol. The molecular weight excluding hydrogens is 282 g/mol. The van der Waals surface area contributed by atoms with Crippen LogP contribution < -0.4 is 0 Å². The molecule has 0 fully saturated rings. The van der Waals surface area contributed by atoms with Gasteiger partial charge in [-0.15, -0.1) is 0 Å². The highest BCUT2D eigenvalue weighted by molar-refractivity contribution is 5.92. The molecule has 3 heteroatoms. The van der Waals surface area contributed by atoms with Crippen LogP contribution in [0.3, 0.4) is 0 Å². The molecule has 0 saturated carbocycles. The Balaban J connectivity index is 2.17. The minimum absolute atomic E-state index is 0.0841. The zero-order valence-electron chi connectivity index (χ0n) is 14.6. The summed E-state index contributed by atoms with van der Waals surface area (Å²) in [6.07, 6.45) is 1.12. The van der Waals surface area contributed by atoms with Crippen molar-refractivity contribution in [2.24, 2.45) is 5.41 Å². The summed E-state index contributed by atoms with van der Waals surface area (Å²) in [5.74, 6) is 0. The van der Waals surface area contributed by atoms with E-state index in [1.807, 2.05) is 12.1 Å². The second-order valence-corrected chi connectivity index (χ2v) is 8.16. The third kappa shape index (κ3) is 3.14. The van der Waals surface area contributed by atoms with Gasteiger partial charge in [0.1, 0.15) is 11.0 Å². The molecule has 3 aromatic rings. The van der Waals surface area contributed by atoms with Crippen LogP contribution in [0.1, 0.15) is 46.6 Å². The number of fused-ring (bicyclic) bond motifs is 1. The second-order valence-electron chi connectivity index (χ2n) is 8.16. The molecule has 3 rings (SSSR count). The number of benzene rings is 2. The van der Waals surface area contributed by atoms with Crippen LogP contribution in [0.5, 0.6) is 0 Å². The Morgan fingerprint density at radius 1 is 0.826 bits per heavy atom. The fourth-order valence-corrected chi connectivity index (χ4v) is 3.81. The zero-order valence-corrected chi connectivity index (χ0v) is 14.6. The minimum Gasteiger partial charge on any atom is -0.197 e. The van der Waals surface area contributed by atoms with Crippen LogP contribution in [0.2, 0.25) is 0 Å². The molecule has 1 N–H and O–H groups in total. The number of hydrogen-bond donors (Lipinski definition) is 1. The first kappa shape index (κ1) is 15.7. The van der Waals surface area contributed by atoms with Crippen LogP contribution in [0.25, 0.3) is 22.2 Å². The average Bonchev–Trinajstić information content (AvgIpc) is 2.93. The first-order chi connectivity index (χ1) is 10.8. The Hall–Kier alpha value is -2.16. The first-order valence-electron chi connectivity index (χ1n) is 8.17. The number of aromatic nitrogens is 3. The number of nitrogens with zero attached hydrogens (tertiary/aromatic N) is 2. The highest BCUT2D eigenvalue weighted by Gasteiger charge is 2.29. The van der Waals surface area contributed by atoms with Gasteiger partial charge in [-0.3, -0.25) is 0 Å². The van der Waals surface area contributed by atoms with E-state index in [-0.39, 0.29) is 10.8 Å². The van der Waals surface area contributed by atoms with E-state index in [0.717, 1.165) is 23.0 Å². The van der Waals surface area contributed by atoms with E-state index in [4.69, 9.17) is 0 Å². The van der Waals surface area contributed by atoms with Crippen molar-refractivity contribution >= 4 is 11.0 Å². The first-order valence-corrected chi connectivity index (χ1v) is 8.17. The van der Waals surface area contributed by atoms with E-state index < -0.39 is 0 Å². The van der Waals surface area contributed by atoms with Gasteiger partial charge in [-0.1, -0.05) is 71.0 Å². The maximum absolute atomic E-state index is 4.36. The van der Waals surface area contributed by atoms with Crippen LogP contribution in [0, 0.1) is 5.41 Å². The molecule has 1 heterocycles. The number of para-hydroxylation sites is 1. The lowest BCUT2D eigenvalue weighted by molar-refractivity contribution is 0.284. The van der Waals surface area contributed by atoms with E-state index >= 15 is 0 Å². The third-order valence-electron chi connectivity index (χ3n) is 4.27. The maximum atomic E-state index is 4.36. The molecule has 23 heavy (non-hydrogen) atoms. The third-order valence-corrected chi connectivity index (χ3v) is 4.27. The smallest absolute Gasteiger partial charge is 0.120 e. The molecule has 0 atom stereocenters. The van der Waals surface area contributed by atoms with Gasteiger partial charge in [0.05, 0.1) is 0 Å². The maximum Gasteiger partial charge on any atom is 0.120 e. The quantitative estimate of drug-likeness (QED) is 0.709. The molecule has 0 aliphatic rings. The molecule has 0 saturated heterocycles. The summed E-state index contributed by atoms with van der Waals surface area (Å²) >= 11 is 0. The van der Waals surface area contributed by atoms with Crippen molar-refractivity contribution in [3.63, 3.8) is 0 Å². The molecule has 0 unspecified atom stereocenters. The van der Waals surface area contributed by atoms with Gasteiger partial charge in [0.15, 0.2) is 0 Å². The number of aromatic amines is 1. The number of nitrogens with one attached hydrogen (secondary N) is 1. The molecule has 2 aromatic carbocycles. The lowest BCUT2D eigenvalue weighted by atomic mass is 9.70. The van der Waals surface area contributed by atoms with Crippen molar-refractivity contribution in [3.05, 3.63) is 48.0 Å². The fourth-order valence-electron chi connectivity index (χ4n) is 3.81. The lowest BCUT2D eigenvalue weighted by Crippen LogP contribution is -2.25. The van der Waals surface area contributed by atoms with Crippen molar-refractivity contribution in [2.75, 3.05) is 0 Å². The van der Waals surface area contributed by atoms with Crippen molar-refractivity contribution in [3.8, 4) is 11.1 Å². The van der Waals surface area contributed by atoms with E-state index in [1.54, 1.807) is 0 Å². The van der Waals surface area contributed by atoms with Gasteiger partial charge in [0.2, 0.25) is 0 Å². The molecule has 1 aromatic heterocycles. The summed E-state index contributed by atoms with van der Waals surface area (Å²) in [6.45, 7) is 11.6. The van der Waals surface area contributed by atoms with Crippen molar-refractivity contribution < 1.29 is 0 Å². The molecule has 0 amide bonds. The van der Waals surface area contributed by atoms with Gasteiger partial charge in [0, 0.05) is 5.56 Å². The summed E-state index contributed by atoms with van der Waals surface area (Å²) in [5, 5.41) is 11.3. The highest BCUT2D eigenvalue weighted by Crippen LogP contribution is 2.41. The number of hydrogen-bond acceptors (Lipinski definition) is 2. The van der Waals surface area contributed by atoms with Gasteiger partial charge >= 0.3 is 0 Å². The molecule has 0 radical (unpaired) electrons. The summed E-state index contributed by atoms with van der Waals surface area (Å²) in [7, 11) is 0. The Morgan fingerprint density at radius 3 is 2.26 bits per heavy atom. The van der Waals surface area contributed by atoms with Crippen LogP contribution in [-0.2, 0) is 5.41 Å². The number of H-pyrrole nitrogens is 1. The van der Waals surface area contributed by atoms with Gasteiger partial charge in [0.25, 0.3) is 0 Å². The summed E-state index contributed by atoms with van der Waals surface area (Å²) in [4.78, 5) is 0. The van der Waals surface area contributed by atoms with Crippen molar-refractivity contribution in [1.29, 1.82) is 0 Å². The van der Waals surface area contributed by atoms with E-state index in [0.29, 0.717) is 0 Å². The Kier molecular flexibility index (Phi) is 3.75. The normalized spacial score (nSPS) is 12.7. The molecule has 0 aliphatic heterocycles. The van der Waals surface area contributed by atoms with Gasteiger partial charge in [-0.2, -0.15) is 15.4 Å². The van der Waals surface area contributed by atoms with Crippen LogP contribution in [0.4, 0.5) is 0 Å². The number of rotatable bonds is 3. The molecule has 0 spiro atoms. The van der Waals surface area contributed by atoms with Gasteiger partial charge in [-0.05, 0) is 34.4 Å². The topological polar surface area (TPSA) is 41.6 Å². The van der Waals surface area contributed by atoms with Crippen LogP contribution >= 0.6 is 0 Å². The summed E-state index contributed by atoms with van der Waals surface area (Å²) < 4.78 is 0. The molecule has 120 valence electrons. The highest BCUT2D eigenvalue weighted by atomic mass is 15.3. The zero-order chi connectivity index (χ0) is 16.7. The summed E-state index contributed by atoms with van der Waals surface area (Å²) in [5.41, 5.74) is 5.97. The predicted molar refractivity (Wildman–Crippen MR) is 96.4 cm³/mol. The average molecular weight is 307 g/mol. The Bertz CT molecular complexity index is 822. The predicted octanol–water partition coefficient (Wildman–Crippen LogP) is 5.34. The largest absolute Gasteiger partial charge is 0.197 e. The van der Waals surface area contributed by atoms with E-state index in [2.05, 4.69) is 80.4 Å². The lowest BCUT2D eigenvalue weighted by Gasteiger charge is -2.34. The van der Waals surface area contributed by atoms with Crippen LogP contribution in [0.15, 0.2) is 42.5 Å².